The van der Waals surface area contributed by atoms with Crippen molar-refractivity contribution < 1.29 is 14.6 Å². The fourth-order valence-electron chi connectivity index (χ4n) is 4.61. The van der Waals surface area contributed by atoms with Crippen LogP contribution in [-0.2, 0) is 4.79 Å². The number of carbonyl (C=O) groups is 1. The quantitative estimate of drug-likeness (QED) is 0.289. The molecule has 0 unspecified atom stereocenters. The lowest BCUT2D eigenvalue weighted by Crippen LogP contribution is -2.49. The van der Waals surface area contributed by atoms with Gasteiger partial charge in [-0.25, -0.2) is 5.43 Å². The zero-order valence-electron chi connectivity index (χ0n) is 17.1. The van der Waals surface area contributed by atoms with E-state index in [1.807, 2.05) is 0 Å². The van der Waals surface area contributed by atoms with Crippen LogP contribution in [0.1, 0.15) is 31.2 Å². The molecular formula is C22H28N4O3S. The summed E-state index contributed by atoms with van der Waals surface area (Å²) in [5.41, 5.74) is 3.07. The van der Waals surface area contributed by atoms with E-state index in [-0.39, 0.29) is 17.6 Å². The summed E-state index contributed by atoms with van der Waals surface area (Å²) in [6.07, 6.45) is 9.96. The highest BCUT2D eigenvalue weighted by molar-refractivity contribution is 7.80. The summed E-state index contributed by atoms with van der Waals surface area (Å²) < 4.78 is 5.07. The standard InChI is InChI=1S/C22H28N4O3S/c1-29-19-4-2-3-17(20(19)27)13-23-25-21(28)15-7-9-26(10-8-15)22(30)24-18-12-14-5-6-16(18)11-14/h2-6,13-16,18,27H,7-12H2,1H3,(H,24,30)(H,25,28)/b23-13+/t14-,16-,18+/m0/s1. The Morgan fingerprint density at radius 3 is 2.77 bits per heavy atom. The molecule has 30 heavy (non-hydrogen) atoms. The minimum Gasteiger partial charge on any atom is -0.504 e. The number of rotatable bonds is 5. The van der Waals surface area contributed by atoms with Crippen molar-refractivity contribution in [1.29, 1.82) is 0 Å². The number of thiocarbonyl (C=S) groups is 1. The van der Waals surface area contributed by atoms with Gasteiger partial charge in [-0.05, 0) is 61.9 Å². The Hall–Kier alpha value is -2.61. The van der Waals surface area contributed by atoms with E-state index in [9.17, 15) is 9.90 Å². The average molecular weight is 429 g/mol. The number of phenols is 1. The van der Waals surface area contributed by atoms with Crippen LogP contribution in [-0.4, -0.2) is 53.5 Å². The van der Waals surface area contributed by atoms with Gasteiger partial charge in [0.1, 0.15) is 0 Å². The number of phenolic OH excluding ortho intramolecular Hbond substituents is 1. The summed E-state index contributed by atoms with van der Waals surface area (Å²) in [5.74, 6) is 1.49. The van der Waals surface area contributed by atoms with Gasteiger partial charge in [-0.3, -0.25) is 4.79 Å². The molecule has 160 valence electrons. The van der Waals surface area contributed by atoms with Gasteiger partial charge in [-0.15, -0.1) is 0 Å². The highest BCUT2D eigenvalue weighted by Gasteiger charge is 2.36. The van der Waals surface area contributed by atoms with Crippen molar-refractivity contribution in [2.24, 2.45) is 22.9 Å². The van der Waals surface area contributed by atoms with Crippen LogP contribution in [0.25, 0.3) is 0 Å². The van der Waals surface area contributed by atoms with Gasteiger partial charge >= 0.3 is 0 Å². The fraction of sp³-hybridized carbons (Fsp3) is 0.500. The van der Waals surface area contributed by atoms with E-state index in [1.54, 1.807) is 18.2 Å². The number of piperidine rings is 1. The summed E-state index contributed by atoms with van der Waals surface area (Å²) in [5, 5.41) is 18.4. The monoisotopic (exact) mass is 428 g/mol. The number of hydrazone groups is 1. The van der Waals surface area contributed by atoms with Gasteiger partial charge in [0.25, 0.3) is 0 Å². The number of hydrogen-bond acceptors (Lipinski definition) is 5. The number of methoxy groups -OCH3 is 1. The van der Waals surface area contributed by atoms with Crippen molar-refractivity contribution in [2.45, 2.75) is 31.7 Å². The van der Waals surface area contributed by atoms with E-state index < -0.39 is 0 Å². The average Bonchev–Trinajstić information content (AvgIpc) is 3.38. The van der Waals surface area contributed by atoms with Gasteiger partial charge in [-0.1, -0.05) is 18.2 Å². The number of allylic oxidation sites excluding steroid dienone is 1. The lowest BCUT2D eigenvalue weighted by Gasteiger charge is -2.35. The van der Waals surface area contributed by atoms with Gasteiger partial charge in [0.15, 0.2) is 16.6 Å². The van der Waals surface area contributed by atoms with Crippen LogP contribution in [0.5, 0.6) is 11.5 Å². The Bertz CT molecular complexity index is 864. The molecule has 2 bridgehead atoms. The largest absolute Gasteiger partial charge is 0.504 e. The number of carbonyl (C=O) groups excluding carboxylic acids is 1. The number of amides is 1. The van der Waals surface area contributed by atoms with Crippen LogP contribution in [0.2, 0.25) is 0 Å². The predicted molar refractivity (Wildman–Crippen MR) is 120 cm³/mol. The zero-order valence-corrected chi connectivity index (χ0v) is 17.9. The second kappa shape index (κ2) is 9.04. The van der Waals surface area contributed by atoms with E-state index in [0.717, 1.165) is 31.0 Å². The molecule has 3 atom stereocenters. The molecule has 2 fully saturated rings. The molecule has 7 nitrogen and oxygen atoms in total. The molecule has 4 rings (SSSR count). The molecule has 1 aromatic rings. The molecule has 1 saturated carbocycles. The molecule has 1 heterocycles. The van der Waals surface area contributed by atoms with Gasteiger partial charge in [-0.2, -0.15) is 5.10 Å². The SMILES string of the molecule is COc1cccc(/C=N/NC(=O)C2CCN(C(=S)N[C@@H]3C[C@H]4C=C[C@H]3C4)CC2)c1O. The molecule has 1 amide bonds. The summed E-state index contributed by atoms with van der Waals surface area (Å²) in [7, 11) is 1.49. The minimum absolute atomic E-state index is 0.00158. The molecule has 1 aliphatic heterocycles. The summed E-state index contributed by atoms with van der Waals surface area (Å²) in [6.45, 7) is 1.53. The Morgan fingerprint density at radius 1 is 1.30 bits per heavy atom. The number of benzene rings is 1. The summed E-state index contributed by atoms with van der Waals surface area (Å²) in [6, 6.07) is 5.57. The van der Waals surface area contributed by atoms with Crippen molar-refractivity contribution >= 4 is 29.5 Å². The predicted octanol–water partition coefficient (Wildman–Crippen LogP) is 2.40. The van der Waals surface area contributed by atoms with Crippen molar-refractivity contribution in [3.63, 3.8) is 0 Å². The van der Waals surface area contributed by atoms with Crippen molar-refractivity contribution in [3.05, 3.63) is 35.9 Å². The second-order valence-corrected chi connectivity index (χ2v) is 8.62. The van der Waals surface area contributed by atoms with Crippen LogP contribution in [0, 0.1) is 17.8 Å². The minimum atomic E-state index is -0.106. The topological polar surface area (TPSA) is 86.2 Å². The van der Waals surface area contributed by atoms with Gasteiger partial charge in [0, 0.05) is 30.6 Å². The first-order valence-electron chi connectivity index (χ1n) is 10.5. The van der Waals surface area contributed by atoms with Crippen LogP contribution < -0.4 is 15.5 Å². The van der Waals surface area contributed by atoms with Crippen LogP contribution >= 0.6 is 12.2 Å². The number of nitrogens with one attached hydrogen (secondary N) is 2. The third-order valence-corrected chi connectivity index (χ3v) is 6.75. The molecule has 1 saturated heterocycles. The summed E-state index contributed by atoms with van der Waals surface area (Å²) in [4.78, 5) is 14.6. The third-order valence-electron chi connectivity index (χ3n) is 6.37. The third kappa shape index (κ3) is 4.43. The number of likely N-dealkylation sites (tertiary alicyclic amines) is 1. The smallest absolute Gasteiger partial charge is 0.243 e. The van der Waals surface area contributed by atoms with E-state index in [2.05, 4.69) is 32.9 Å². The van der Waals surface area contributed by atoms with E-state index in [0.29, 0.717) is 29.2 Å². The lowest BCUT2D eigenvalue weighted by atomic mass is 9.96. The van der Waals surface area contributed by atoms with Crippen molar-refractivity contribution in [1.82, 2.24) is 15.6 Å². The first-order valence-corrected chi connectivity index (χ1v) is 10.9. The Labute approximate surface area is 182 Å². The molecule has 0 aromatic heterocycles. The molecule has 2 aliphatic carbocycles. The second-order valence-electron chi connectivity index (χ2n) is 8.23. The molecule has 0 radical (unpaired) electrons. The lowest BCUT2D eigenvalue weighted by molar-refractivity contribution is -0.126. The molecule has 1 aromatic carbocycles. The molecular weight excluding hydrogens is 400 g/mol. The maximum absolute atomic E-state index is 12.5. The Morgan fingerprint density at radius 2 is 2.10 bits per heavy atom. The van der Waals surface area contributed by atoms with Crippen molar-refractivity contribution in [2.75, 3.05) is 20.2 Å². The first-order chi connectivity index (χ1) is 14.5. The van der Waals surface area contributed by atoms with E-state index >= 15 is 0 Å². The molecule has 8 heteroatoms. The fourth-order valence-corrected chi connectivity index (χ4v) is 4.94. The Kier molecular flexibility index (Phi) is 6.22. The maximum atomic E-state index is 12.5. The molecule has 3 N–H and O–H groups in total. The van der Waals surface area contributed by atoms with E-state index in [1.165, 1.54) is 26.2 Å². The first kappa shape index (κ1) is 20.7. The zero-order chi connectivity index (χ0) is 21.1. The number of aromatic hydroxyl groups is 1. The Balaban J connectivity index is 1.22. The van der Waals surface area contributed by atoms with Gasteiger partial charge in [0.2, 0.25) is 5.91 Å². The number of hydrogen-bond donors (Lipinski definition) is 3. The highest BCUT2D eigenvalue weighted by atomic mass is 32.1. The van der Waals surface area contributed by atoms with Gasteiger partial charge < -0.3 is 20.1 Å². The number of ether oxygens (including phenoxy) is 1. The number of fused-ring (bicyclic) bond motifs is 2. The normalized spacial score (nSPS) is 25.6. The van der Waals surface area contributed by atoms with Crippen LogP contribution in [0.3, 0.4) is 0 Å². The van der Waals surface area contributed by atoms with E-state index in [4.69, 9.17) is 17.0 Å². The van der Waals surface area contributed by atoms with Crippen molar-refractivity contribution in [3.8, 4) is 11.5 Å². The maximum Gasteiger partial charge on any atom is 0.243 e. The highest BCUT2D eigenvalue weighted by Crippen LogP contribution is 2.39. The molecule has 0 spiro atoms. The van der Waals surface area contributed by atoms with Crippen LogP contribution in [0.4, 0.5) is 0 Å². The number of para-hydroxylation sites is 1. The summed E-state index contributed by atoms with van der Waals surface area (Å²) >= 11 is 5.62. The van der Waals surface area contributed by atoms with Gasteiger partial charge in [0.05, 0.1) is 13.3 Å². The van der Waals surface area contributed by atoms with Crippen LogP contribution in [0.15, 0.2) is 35.5 Å². The molecule has 3 aliphatic rings. The number of nitrogens with zero attached hydrogens (tertiary/aromatic N) is 2.